The van der Waals surface area contributed by atoms with Gasteiger partial charge < -0.3 is 16.0 Å². The van der Waals surface area contributed by atoms with Gasteiger partial charge in [-0.2, -0.15) is 0 Å². The molecule has 2 aromatic heterocycles. The van der Waals surface area contributed by atoms with E-state index >= 15 is 0 Å². The number of rotatable bonds is 5. The van der Waals surface area contributed by atoms with E-state index < -0.39 is 0 Å². The minimum absolute atomic E-state index is 0.270. The molecule has 0 aliphatic heterocycles. The largest absolute Gasteiger partial charge is 0.384 e. The number of fused-ring (bicyclic) bond motifs is 1. The van der Waals surface area contributed by atoms with E-state index in [0.29, 0.717) is 17.3 Å². The number of aryl methyl sites for hydroxylation is 1. The molecule has 136 valence electrons. The van der Waals surface area contributed by atoms with Crippen LogP contribution in [0.25, 0.3) is 11.0 Å². The van der Waals surface area contributed by atoms with Crippen molar-refractivity contribution in [2.45, 2.75) is 17.6 Å². The van der Waals surface area contributed by atoms with Crippen LogP contribution in [0.1, 0.15) is 11.5 Å². The van der Waals surface area contributed by atoms with Gasteiger partial charge in [0.25, 0.3) is 0 Å². The van der Waals surface area contributed by atoms with Crippen LogP contribution in [0.4, 0.5) is 21.6 Å². The molecular formula is C20H18FN5S. The molecule has 0 saturated carbocycles. The molecule has 4 rings (SSSR count). The molecule has 0 radical (unpaired) electrons. The molecule has 0 fully saturated rings. The van der Waals surface area contributed by atoms with E-state index in [4.69, 9.17) is 5.73 Å². The molecule has 0 saturated heterocycles. The lowest BCUT2D eigenvalue weighted by Gasteiger charge is -2.06. The van der Waals surface area contributed by atoms with Crippen LogP contribution in [0.2, 0.25) is 0 Å². The quantitative estimate of drug-likeness (QED) is 0.424. The maximum atomic E-state index is 13.3. The fraction of sp³-hybridized carbons (Fsp3) is 0.100. The van der Waals surface area contributed by atoms with E-state index in [1.807, 2.05) is 43.3 Å². The smallest absolute Gasteiger partial charge is 0.125 e. The van der Waals surface area contributed by atoms with E-state index in [1.54, 1.807) is 17.8 Å². The first-order valence-corrected chi connectivity index (χ1v) is 9.42. The summed E-state index contributed by atoms with van der Waals surface area (Å²) < 4.78 is 13.3. The third kappa shape index (κ3) is 4.20. The van der Waals surface area contributed by atoms with Crippen molar-refractivity contribution in [3.05, 3.63) is 71.9 Å². The molecule has 4 aromatic rings. The highest BCUT2D eigenvalue weighted by Gasteiger charge is 2.06. The SMILES string of the molecule is Cc1cc(SCc2nc3ccc(Nc4cccc(F)c4)cc3[nH]2)cc(N)n1. The van der Waals surface area contributed by atoms with Crippen molar-refractivity contribution < 1.29 is 4.39 Å². The zero-order valence-electron chi connectivity index (χ0n) is 14.7. The molecule has 2 heterocycles. The van der Waals surface area contributed by atoms with E-state index in [9.17, 15) is 4.39 Å². The van der Waals surface area contributed by atoms with Crippen molar-refractivity contribution in [1.82, 2.24) is 15.0 Å². The first-order chi connectivity index (χ1) is 13.0. The number of halogens is 1. The fourth-order valence-electron chi connectivity index (χ4n) is 2.84. The molecule has 2 aromatic carbocycles. The van der Waals surface area contributed by atoms with Crippen molar-refractivity contribution in [2.24, 2.45) is 0 Å². The van der Waals surface area contributed by atoms with Crippen LogP contribution in [-0.4, -0.2) is 15.0 Å². The third-order valence-corrected chi connectivity index (χ3v) is 4.95. The van der Waals surface area contributed by atoms with E-state index in [2.05, 4.69) is 20.3 Å². The van der Waals surface area contributed by atoms with E-state index in [1.165, 1.54) is 12.1 Å². The number of imidazole rings is 1. The molecular weight excluding hydrogens is 361 g/mol. The molecule has 0 bridgehead atoms. The Morgan fingerprint density at radius 2 is 1.93 bits per heavy atom. The molecule has 0 amide bonds. The Morgan fingerprint density at radius 3 is 2.74 bits per heavy atom. The predicted octanol–water partition coefficient (Wildman–Crippen LogP) is 5.02. The Hall–Kier alpha value is -3.06. The lowest BCUT2D eigenvalue weighted by molar-refractivity contribution is 0.628. The second-order valence-electron chi connectivity index (χ2n) is 6.21. The summed E-state index contributed by atoms with van der Waals surface area (Å²) >= 11 is 1.65. The Bertz CT molecular complexity index is 1090. The summed E-state index contributed by atoms with van der Waals surface area (Å²) in [6.07, 6.45) is 0. The molecule has 0 spiro atoms. The summed E-state index contributed by atoms with van der Waals surface area (Å²) in [5.41, 5.74) is 10.1. The van der Waals surface area contributed by atoms with Gasteiger partial charge in [-0.3, -0.25) is 0 Å². The first kappa shape index (κ1) is 17.4. The highest BCUT2D eigenvalue weighted by Crippen LogP contribution is 2.26. The Balaban J connectivity index is 1.50. The number of aromatic amines is 1. The van der Waals surface area contributed by atoms with Gasteiger partial charge >= 0.3 is 0 Å². The predicted molar refractivity (Wildman–Crippen MR) is 109 cm³/mol. The highest BCUT2D eigenvalue weighted by atomic mass is 32.2. The van der Waals surface area contributed by atoms with Crippen LogP contribution in [0, 0.1) is 12.7 Å². The Morgan fingerprint density at radius 1 is 1.07 bits per heavy atom. The zero-order valence-corrected chi connectivity index (χ0v) is 15.5. The maximum absolute atomic E-state index is 13.3. The number of thioether (sulfide) groups is 1. The van der Waals surface area contributed by atoms with Crippen molar-refractivity contribution in [3.8, 4) is 0 Å². The van der Waals surface area contributed by atoms with Gasteiger partial charge in [0.05, 0.1) is 16.8 Å². The summed E-state index contributed by atoms with van der Waals surface area (Å²) in [5, 5.41) is 3.20. The van der Waals surface area contributed by atoms with Crippen LogP contribution < -0.4 is 11.1 Å². The van der Waals surface area contributed by atoms with Gasteiger partial charge in [-0.1, -0.05) is 6.07 Å². The average Bonchev–Trinajstić information content (AvgIpc) is 3.01. The molecule has 0 aliphatic rings. The monoisotopic (exact) mass is 379 g/mol. The second kappa shape index (κ2) is 7.28. The number of nitrogens with zero attached hydrogens (tertiary/aromatic N) is 2. The molecule has 27 heavy (non-hydrogen) atoms. The zero-order chi connectivity index (χ0) is 18.8. The van der Waals surface area contributed by atoms with Gasteiger partial charge in [0.15, 0.2) is 0 Å². The highest BCUT2D eigenvalue weighted by molar-refractivity contribution is 7.98. The fourth-order valence-corrected chi connectivity index (χ4v) is 3.74. The van der Waals surface area contributed by atoms with Crippen LogP contribution in [0.15, 0.2) is 59.5 Å². The van der Waals surface area contributed by atoms with Crippen LogP contribution in [0.3, 0.4) is 0 Å². The molecule has 7 heteroatoms. The van der Waals surface area contributed by atoms with Crippen LogP contribution in [0.5, 0.6) is 0 Å². The summed E-state index contributed by atoms with van der Waals surface area (Å²) in [6.45, 7) is 1.93. The Labute approximate surface area is 160 Å². The first-order valence-electron chi connectivity index (χ1n) is 8.43. The van der Waals surface area contributed by atoms with Gasteiger partial charge in [-0.25, -0.2) is 14.4 Å². The second-order valence-corrected chi connectivity index (χ2v) is 7.26. The van der Waals surface area contributed by atoms with Crippen molar-refractivity contribution >= 4 is 40.0 Å². The van der Waals surface area contributed by atoms with Gasteiger partial charge in [0.1, 0.15) is 17.5 Å². The average molecular weight is 379 g/mol. The van der Waals surface area contributed by atoms with Gasteiger partial charge in [-0.05, 0) is 55.5 Å². The van der Waals surface area contributed by atoms with Crippen molar-refractivity contribution in [3.63, 3.8) is 0 Å². The number of nitrogens with one attached hydrogen (secondary N) is 2. The number of nitrogens with two attached hydrogens (primary N) is 1. The van der Waals surface area contributed by atoms with Crippen molar-refractivity contribution in [2.75, 3.05) is 11.1 Å². The summed E-state index contributed by atoms with van der Waals surface area (Å²) in [7, 11) is 0. The number of H-pyrrole nitrogens is 1. The van der Waals surface area contributed by atoms with E-state index in [0.717, 1.165) is 33.1 Å². The lowest BCUT2D eigenvalue weighted by atomic mass is 10.2. The standard InChI is InChI=1S/C20H18FN5S/c1-12-7-16(10-19(22)23-12)27-11-20-25-17-6-5-15(9-18(17)26-20)24-14-4-2-3-13(21)8-14/h2-10,24H,11H2,1H3,(H2,22,23)(H,25,26). The molecule has 0 aliphatic carbocycles. The van der Waals surface area contributed by atoms with Gasteiger partial charge in [0, 0.05) is 22.0 Å². The normalized spacial score (nSPS) is 11.0. The number of benzene rings is 2. The third-order valence-electron chi connectivity index (χ3n) is 3.97. The van der Waals surface area contributed by atoms with Crippen molar-refractivity contribution in [1.29, 1.82) is 0 Å². The van der Waals surface area contributed by atoms with Crippen LogP contribution in [-0.2, 0) is 5.75 Å². The van der Waals surface area contributed by atoms with Gasteiger partial charge in [0.2, 0.25) is 0 Å². The van der Waals surface area contributed by atoms with Gasteiger partial charge in [-0.15, -0.1) is 11.8 Å². The number of nitrogen functional groups attached to an aromatic ring is 1. The minimum atomic E-state index is -0.270. The number of anilines is 3. The molecule has 4 N–H and O–H groups in total. The summed E-state index contributed by atoms with van der Waals surface area (Å²) in [4.78, 5) is 13.2. The molecule has 0 atom stereocenters. The van der Waals surface area contributed by atoms with Crippen LogP contribution >= 0.6 is 11.8 Å². The number of hydrogen-bond acceptors (Lipinski definition) is 5. The lowest BCUT2D eigenvalue weighted by Crippen LogP contribution is -1.93. The maximum Gasteiger partial charge on any atom is 0.125 e. The number of aromatic nitrogens is 3. The number of hydrogen-bond donors (Lipinski definition) is 3. The number of pyridine rings is 1. The topological polar surface area (TPSA) is 79.6 Å². The molecule has 5 nitrogen and oxygen atoms in total. The summed E-state index contributed by atoms with van der Waals surface area (Å²) in [5.74, 6) is 1.83. The minimum Gasteiger partial charge on any atom is -0.384 e. The van der Waals surface area contributed by atoms with E-state index in [-0.39, 0.29) is 5.82 Å². The molecule has 0 unspecified atom stereocenters. The Kier molecular flexibility index (Phi) is 4.68. The summed E-state index contributed by atoms with van der Waals surface area (Å²) in [6, 6.07) is 16.1.